The van der Waals surface area contributed by atoms with Crippen molar-refractivity contribution in [2.45, 2.75) is 6.54 Å². The minimum absolute atomic E-state index is 0.236. The van der Waals surface area contributed by atoms with Gasteiger partial charge in [0.05, 0.1) is 12.0 Å². The molecular weight excluding hydrogens is 466 g/mol. The van der Waals surface area contributed by atoms with Crippen molar-refractivity contribution in [2.24, 2.45) is 0 Å². The van der Waals surface area contributed by atoms with Gasteiger partial charge in [0, 0.05) is 48.0 Å². The van der Waals surface area contributed by atoms with Crippen LogP contribution >= 0.6 is 0 Å². The molecular formula is C29H23N5O3. The topological polar surface area (TPSA) is 102 Å². The monoisotopic (exact) mass is 489 g/mol. The quantitative estimate of drug-likeness (QED) is 0.295. The van der Waals surface area contributed by atoms with Crippen LogP contribution in [0.25, 0.3) is 23.0 Å². The van der Waals surface area contributed by atoms with E-state index < -0.39 is 0 Å². The van der Waals surface area contributed by atoms with Gasteiger partial charge in [-0.1, -0.05) is 30.3 Å². The lowest BCUT2D eigenvalue weighted by molar-refractivity contribution is -0.116. The number of pyridine rings is 1. The molecule has 0 aliphatic rings. The molecule has 0 radical (unpaired) electrons. The first-order chi connectivity index (χ1) is 18.2. The van der Waals surface area contributed by atoms with Crippen LogP contribution in [-0.4, -0.2) is 26.6 Å². The Labute approximate surface area is 213 Å². The van der Waals surface area contributed by atoms with Crippen molar-refractivity contribution in [3.05, 3.63) is 127 Å². The van der Waals surface area contributed by atoms with Gasteiger partial charge >= 0.3 is 0 Å². The molecule has 0 unspecified atom stereocenters. The van der Waals surface area contributed by atoms with E-state index in [1.807, 2.05) is 60.8 Å². The van der Waals surface area contributed by atoms with E-state index in [4.69, 9.17) is 9.52 Å². The highest BCUT2D eigenvalue weighted by molar-refractivity contribution is 6.02. The number of rotatable bonds is 8. The normalized spacial score (nSPS) is 10.9. The van der Waals surface area contributed by atoms with E-state index in [0.717, 1.165) is 28.1 Å². The van der Waals surface area contributed by atoms with Crippen LogP contribution in [0.5, 0.6) is 0 Å². The zero-order valence-corrected chi connectivity index (χ0v) is 19.7. The highest BCUT2D eigenvalue weighted by Crippen LogP contribution is 2.24. The maximum absolute atomic E-state index is 12.6. The summed E-state index contributed by atoms with van der Waals surface area (Å²) in [4.78, 5) is 28.8. The third kappa shape index (κ3) is 5.88. The van der Waals surface area contributed by atoms with Crippen molar-refractivity contribution in [2.75, 3.05) is 5.32 Å². The lowest BCUT2D eigenvalue weighted by atomic mass is 10.1. The number of carbonyl (C=O) groups is 2. The van der Waals surface area contributed by atoms with Gasteiger partial charge in [-0.05, 0) is 60.2 Å². The molecule has 3 aromatic heterocycles. The Kier molecular flexibility index (Phi) is 6.99. The third-order valence-electron chi connectivity index (χ3n) is 5.54. The Hall–Kier alpha value is -5.24. The summed E-state index contributed by atoms with van der Waals surface area (Å²) in [6.45, 7) is 0.342. The van der Waals surface area contributed by atoms with Gasteiger partial charge in [0.25, 0.3) is 5.91 Å². The van der Waals surface area contributed by atoms with E-state index in [1.54, 1.807) is 47.4 Å². The molecule has 0 atom stereocenters. The van der Waals surface area contributed by atoms with Gasteiger partial charge in [-0.3, -0.25) is 14.6 Å². The number of furan rings is 1. The average Bonchev–Trinajstić information content (AvgIpc) is 3.63. The molecule has 3 heterocycles. The maximum atomic E-state index is 12.6. The molecule has 0 saturated heterocycles. The summed E-state index contributed by atoms with van der Waals surface area (Å²) in [5.74, 6) is -0.318. The summed E-state index contributed by atoms with van der Waals surface area (Å²) in [6, 6.07) is 24.0. The SMILES string of the molecule is O=C(/C=C/c1cn(-c2ccccc2)nc1-c1cccnc1)NCc1ccc(NC(=O)c2ccco2)cc1. The fourth-order valence-corrected chi connectivity index (χ4v) is 3.67. The Bertz CT molecular complexity index is 1510. The highest BCUT2D eigenvalue weighted by Gasteiger charge is 2.11. The van der Waals surface area contributed by atoms with Crippen LogP contribution in [0.3, 0.4) is 0 Å². The summed E-state index contributed by atoms with van der Waals surface area (Å²) in [5.41, 5.74) is 4.83. The van der Waals surface area contributed by atoms with Crippen molar-refractivity contribution >= 4 is 23.6 Å². The zero-order valence-electron chi connectivity index (χ0n) is 19.7. The third-order valence-corrected chi connectivity index (χ3v) is 5.54. The zero-order chi connectivity index (χ0) is 25.5. The van der Waals surface area contributed by atoms with E-state index in [9.17, 15) is 9.59 Å². The molecule has 2 aromatic carbocycles. The van der Waals surface area contributed by atoms with Gasteiger partial charge in [-0.25, -0.2) is 4.68 Å². The van der Waals surface area contributed by atoms with Crippen molar-refractivity contribution in [3.8, 4) is 16.9 Å². The van der Waals surface area contributed by atoms with Gasteiger partial charge in [0.1, 0.15) is 5.69 Å². The summed E-state index contributed by atoms with van der Waals surface area (Å²) in [7, 11) is 0. The summed E-state index contributed by atoms with van der Waals surface area (Å²) >= 11 is 0. The average molecular weight is 490 g/mol. The Balaban J connectivity index is 1.24. The smallest absolute Gasteiger partial charge is 0.291 e. The number of benzene rings is 2. The van der Waals surface area contributed by atoms with E-state index in [1.165, 1.54) is 12.3 Å². The van der Waals surface area contributed by atoms with Crippen molar-refractivity contribution in [3.63, 3.8) is 0 Å². The minimum Gasteiger partial charge on any atom is -0.459 e. The first-order valence-corrected chi connectivity index (χ1v) is 11.6. The molecule has 0 spiro atoms. The maximum Gasteiger partial charge on any atom is 0.291 e. The second-order valence-electron chi connectivity index (χ2n) is 8.13. The van der Waals surface area contributed by atoms with Gasteiger partial charge < -0.3 is 15.1 Å². The Morgan fingerprint density at radius 3 is 2.51 bits per heavy atom. The molecule has 182 valence electrons. The molecule has 8 heteroatoms. The van der Waals surface area contributed by atoms with Crippen LogP contribution in [0.4, 0.5) is 5.69 Å². The van der Waals surface area contributed by atoms with Gasteiger partial charge in [0.2, 0.25) is 5.91 Å². The highest BCUT2D eigenvalue weighted by atomic mass is 16.3. The Morgan fingerprint density at radius 1 is 0.946 bits per heavy atom. The van der Waals surface area contributed by atoms with E-state index >= 15 is 0 Å². The van der Waals surface area contributed by atoms with Crippen molar-refractivity contribution in [1.29, 1.82) is 0 Å². The minimum atomic E-state index is -0.322. The number of amides is 2. The van der Waals surface area contributed by atoms with Crippen molar-refractivity contribution < 1.29 is 14.0 Å². The number of hydrogen-bond acceptors (Lipinski definition) is 5. The summed E-state index contributed by atoms with van der Waals surface area (Å²) in [6.07, 6.45) is 10.0. The van der Waals surface area contributed by atoms with Crippen LogP contribution in [-0.2, 0) is 11.3 Å². The molecule has 2 N–H and O–H groups in total. The first kappa shape index (κ1) is 23.5. The second-order valence-corrected chi connectivity index (χ2v) is 8.13. The van der Waals surface area contributed by atoms with E-state index in [0.29, 0.717) is 12.2 Å². The number of nitrogens with one attached hydrogen (secondary N) is 2. The number of nitrogens with zero attached hydrogens (tertiary/aromatic N) is 3. The largest absolute Gasteiger partial charge is 0.459 e. The van der Waals surface area contributed by atoms with Crippen molar-refractivity contribution in [1.82, 2.24) is 20.1 Å². The van der Waals surface area contributed by atoms with E-state index in [2.05, 4.69) is 15.6 Å². The standard InChI is InChI=1S/C29H23N5O3/c35-27(31-18-21-10-13-24(14-11-21)32-29(36)26-9-5-17-37-26)15-12-23-20-34(25-7-2-1-3-8-25)33-28(23)22-6-4-16-30-19-22/h1-17,19-20H,18H2,(H,31,35)(H,32,36)/b15-12+. The van der Waals surface area contributed by atoms with E-state index in [-0.39, 0.29) is 17.6 Å². The van der Waals surface area contributed by atoms with Crippen LogP contribution in [0.1, 0.15) is 21.7 Å². The molecule has 8 nitrogen and oxygen atoms in total. The molecule has 5 rings (SSSR count). The van der Waals surface area contributed by atoms with Crippen LogP contribution in [0.15, 0.2) is 114 Å². The van der Waals surface area contributed by atoms with Crippen LogP contribution in [0, 0.1) is 0 Å². The molecule has 0 aliphatic heterocycles. The van der Waals surface area contributed by atoms with Gasteiger partial charge in [0.15, 0.2) is 5.76 Å². The van der Waals surface area contributed by atoms with Gasteiger partial charge in [-0.15, -0.1) is 0 Å². The lowest BCUT2D eigenvalue weighted by Gasteiger charge is -2.06. The molecule has 0 saturated carbocycles. The molecule has 2 amide bonds. The van der Waals surface area contributed by atoms with Crippen LogP contribution in [0.2, 0.25) is 0 Å². The predicted octanol–water partition coefficient (Wildman–Crippen LogP) is 5.11. The molecule has 0 bridgehead atoms. The fraction of sp³-hybridized carbons (Fsp3) is 0.0345. The Morgan fingerprint density at radius 2 is 1.78 bits per heavy atom. The number of carbonyl (C=O) groups excluding carboxylic acids is 2. The summed E-state index contributed by atoms with van der Waals surface area (Å²) in [5, 5.41) is 10.4. The molecule has 0 aliphatic carbocycles. The molecule has 37 heavy (non-hydrogen) atoms. The summed E-state index contributed by atoms with van der Waals surface area (Å²) < 4.78 is 6.88. The number of para-hydroxylation sites is 1. The number of hydrogen-bond donors (Lipinski definition) is 2. The fourth-order valence-electron chi connectivity index (χ4n) is 3.67. The number of aromatic nitrogens is 3. The first-order valence-electron chi connectivity index (χ1n) is 11.6. The van der Waals surface area contributed by atoms with Gasteiger partial charge in [-0.2, -0.15) is 5.10 Å². The number of anilines is 1. The molecule has 5 aromatic rings. The predicted molar refractivity (Wildman–Crippen MR) is 141 cm³/mol. The lowest BCUT2D eigenvalue weighted by Crippen LogP contribution is -2.20. The van der Waals surface area contributed by atoms with Crippen LogP contribution < -0.4 is 10.6 Å². The molecule has 0 fully saturated rings. The second kappa shape index (κ2) is 11.0.